The van der Waals surface area contributed by atoms with Gasteiger partial charge in [0.1, 0.15) is 6.04 Å². The number of likely N-dealkylation sites (N-methyl/N-ethyl adjacent to an activating group) is 1. The summed E-state index contributed by atoms with van der Waals surface area (Å²) < 4.78 is 5.09. The number of carbonyl (C=O) groups is 2. The summed E-state index contributed by atoms with van der Waals surface area (Å²) in [6, 6.07) is 7.40. The van der Waals surface area contributed by atoms with Crippen molar-refractivity contribution in [3.63, 3.8) is 0 Å². The highest BCUT2D eigenvalue weighted by Gasteiger charge is 2.35. The van der Waals surface area contributed by atoms with Crippen molar-refractivity contribution in [2.75, 3.05) is 33.8 Å². The molecule has 6 nitrogen and oxygen atoms in total. The van der Waals surface area contributed by atoms with Gasteiger partial charge in [-0.15, -0.1) is 0 Å². The Labute approximate surface area is 143 Å². The molecular weight excluding hydrogens is 306 g/mol. The predicted molar refractivity (Wildman–Crippen MR) is 92.8 cm³/mol. The minimum Gasteiger partial charge on any atom is -0.380 e. The molecule has 0 unspecified atom stereocenters. The molecule has 132 valence electrons. The van der Waals surface area contributed by atoms with Crippen LogP contribution in [0.15, 0.2) is 24.3 Å². The maximum absolute atomic E-state index is 12.7. The van der Waals surface area contributed by atoms with Crippen molar-refractivity contribution in [1.29, 1.82) is 0 Å². The molecule has 1 atom stereocenters. The molecule has 24 heavy (non-hydrogen) atoms. The molecule has 1 aromatic carbocycles. The van der Waals surface area contributed by atoms with Crippen LogP contribution < -0.4 is 5.32 Å². The fourth-order valence-electron chi connectivity index (χ4n) is 3.09. The van der Waals surface area contributed by atoms with E-state index in [0.29, 0.717) is 31.8 Å². The molecule has 0 bridgehead atoms. The number of rotatable bonds is 5. The number of nitrogens with one attached hydrogen (secondary N) is 1. The van der Waals surface area contributed by atoms with Gasteiger partial charge < -0.3 is 15.0 Å². The maximum atomic E-state index is 12.7. The van der Waals surface area contributed by atoms with Crippen LogP contribution in [0.25, 0.3) is 0 Å². The Morgan fingerprint density at radius 2 is 1.92 bits per heavy atom. The molecule has 1 heterocycles. The summed E-state index contributed by atoms with van der Waals surface area (Å²) in [5.41, 5.74) is 1.67. The van der Waals surface area contributed by atoms with Crippen LogP contribution in [0.1, 0.15) is 29.8 Å². The predicted octanol–water partition coefficient (Wildman–Crippen LogP) is 1.11. The van der Waals surface area contributed by atoms with Crippen LogP contribution in [-0.4, -0.2) is 67.5 Å². The second kappa shape index (κ2) is 8.26. The number of ether oxygens (including phenoxy) is 1. The van der Waals surface area contributed by atoms with Gasteiger partial charge in [-0.1, -0.05) is 12.1 Å². The van der Waals surface area contributed by atoms with Crippen LogP contribution in [0.4, 0.5) is 0 Å². The molecule has 0 radical (unpaired) electrons. The standard InChI is InChI=1S/C18H27N3O3/c1-13(2)21-10-9-20(11-16(21)17(22)19-3)18(23)15-7-5-14(6-8-15)12-24-4/h5-8,13,16H,9-12H2,1-4H3,(H,19,22)/t16-/m1/s1. The quantitative estimate of drug-likeness (QED) is 0.877. The molecule has 6 heteroatoms. The zero-order valence-corrected chi connectivity index (χ0v) is 14.9. The smallest absolute Gasteiger partial charge is 0.253 e. The van der Waals surface area contributed by atoms with Gasteiger partial charge in [-0.05, 0) is 31.5 Å². The molecule has 0 aliphatic carbocycles. The Kier molecular flexibility index (Phi) is 6.34. The highest BCUT2D eigenvalue weighted by Crippen LogP contribution is 2.17. The van der Waals surface area contributed by atoms with Gasteiger partial charge in [-0.2, -0.15) is 0 Å². The van der Waals surface area contributed by atoms with Crippen LogP contribution in [-0.2, 0) is 16.1 Å². The van der Waals surface area contributed by atoms with Crippen LogP contribution in [0, 0.1) is 0 Å². The summed E-state index contributed by atoms with van der Waals surface area (Å²) in [5, 5.41) is 2.71. The average Bonchev–Trinajstić information content (AvgIpc) is 2.60. The molecule has 1 saturated heterocycles. The molecule has 1 aliphatic heterocycles. The third kappa shape index (κ3) is 4.13. The Hall–Kier alpha value is -1.92. The Morgan fingerprint density at radius 3 is 2.46 bits per heavy atom. The first kappa shape index (κ1) is 18.4. The lowest BCUT2D eigenvalue weighted by Gasteiger charge is -2.42. The van der Waals surface area contributed by atoms with Crippen molar-refractivity contribution < 1.29 is 14.3 Å². The zero-order chi connectivity index (χ0) is 17.7. The summed E-state index contributed by atoms with van der Waals surface area (Å²) in [7, 11) is 3.28. The van der Waals surface area contributed by atoms with Crippen molar-refractivity contribution >= 4 is 11.8 Å². The first-order chi connectivity index (χ1) is 11.5. The number of piperazine rings is 1. The lowest BCUT2D eigenvalue weighted by molar-refractivity contribution is -0.128. The number of amides is 2. The Balaban J connectivity index is 2.11. The van der Waals surface area contributed by atoms with Crippen LogP contribution in [0.2, 0.25) is 0 Å². The minimum atomic E-state index is -0.305. The van der Waals surface area contributed by atoms with Gasteiger partial charge in [0.25, 0.3) is 5.91 Å². The Bertz CT molecular complexity index is 571. The molecular formula is C18H27N3O3. The van der Waals surface area contributed by atoms with Gasteiger partial charge in [-0.3, -0.25) is 14.5 Å². The number of carbonyl (C=O) groups excluding carboxylic acids is 2. The molecule has 1 N–H and O–H groups in total. The summed E-state index contributed by atoms with van der Waals surface area (Å²) in [4.78, 5) is 28.9. The number of hydrogen-bond donors (Lipinski definition) is 1. The van der Waals surface area contributed by atoms with E-state index in [1.165, 1.54) is 0 Å². The molecule has 2 amide bonds. The monoisotopic (exact) mass is 333 g/mol. The van der Waals surface area contributed by atoms with E-state index in [1.54, 1.807) is 19.1 Å². The second-order valence-electron chi connectivity index (χ2n) is 6.34. The van der Waals surface area contributed by atoms with E-state index in [1.807, 2.05) is 24.3 Å². The number of benzene rings is 1. The van der Waals surface area contributed by atoms with Gasteiger partial charge in [0.15, 0.2) is 0 Å². The minimum absolute atomic E-state index is 0.0312. The van der Waals surface area contributed by atoms with Crippen LogP contribution in [0.5, 0.6) is 0 Å². The van der Waals surface area contributed by atoms with Crippen molar-refractivity contribution in [3.8, 4) is 0 Å². The van der Waals surface area contributed by atoms with Gasteiger partial charge in [0, 0.05) is 45.4 Å². The van der Waals surface area contributed by atoms with Crippen LogP contribution >= 0.6 is 0 Å². The average molecular weight is 333 g/mol. The molecule has 0 saturated carbocycles. The Morgan fingerprint density at radius 1 is 1.25 bits per heavy atom. The van der Waals surface area contributed by atoms with Crippen LogP contribution in [0.3, 0.4) is 0 Å². The third-order valence-electron chi connectivity index (χ3n) is 4.43. The lowest BCUT2D eigenvalue weighted by atomic mass is 10.1. The largest absolute Gasteiger partial charge is 0.380 e. The third-order valence-corrected chi connectivity index (χ3v) is 4.43. The van der Waals surface area contributed by atoms with E-state index in [0.717, 1.165) is 5.56 Å². The van der Waals surface area contributed by atoms with E-state index < -0.39 is 0 Å². The second-order valence-corrected chi connectivity index (χ2v) is 6.34. The van der Waals surface area contributed by atoms with Crippen molar-refractivity contribution in [3.05, 3.63) is 35.4 Å². The molecule has 2 rings (SSSR count). The molecule has 1 fully saturated rings. The van der Waals surface area contributed by atoms with Gasteiger partial charge in [0.05, 0.1) is 6.61 Å². The first-order valence-electron chi connectivity index (χ1n) is 8.32. The topological polar surface area (TPSA) is 61.9 Å². The normalized spacial score (nSPS) is 18.7. The van der Waals surface area contributed by atoms with E-state index in [2.05, 4.69) is 24.1 Å². The SMILES string of the molecule is CNC(=O)[C@H]1CN(C(=O)c2ccc(COC)cc2)CCN1C(C)C. The van der Waals surface area contributed by atoms with Crippen molar-refractivity contribution in [1.82, 2.24) is 15.1 Å². The van der Waals surface area contributed by atoms with E-state index in [-0.39, 0.29) is 23.9 Å². The molecule has 1 aromatic rings. The fourth-order valence-corrected chi connectivity index (χ4v) is 3.09. The molecule has 0 aromatic heterocycles. The van der Waals surface area contributed by atoms with Gasteiger partial charge >= 0.3 is 0 Å². The number of hydrogen-bond acceptors (Lipinski definition) is 4. The van der Waals surface area contributed by atoms with E-state index in [4.69, 9.17) is 4.74 Å². The maximum Gasteiger partial charge on any atom is 0.253 e. The molecule has 0 spiro atoms. The highest BCUT2D eigenvalue weighted by molar-refractivity contribution is 5.95. The number of methoxy groups -OCH3 is 1. The highest BCUT2D eigenvalue weighted by atomic mass is 16.5. The van der Waals surface area contributed by atoms with Gasteiger partial charge in [0.2, 0.25) is 5.91 Å². The van der Waals surface area contributed by atoms with Gasteiger partial charge in [-0.25, -0.2) is 0 Å². The number of nitrogens with zero attached hydrogens (tertiary/aromatic N) is 2. The van der Waals surface area contributed by atoms with Crippen molar-refractivity contribution in [2.45, 2.75) is 32.5 Å². The first-order valence-corrected chi connectivity index (χ1v) is 8.32. The zero-order valence-electron chi connectivity index (χ0n) is 14.9. The van der Waals surface area contributed by atoms with Crippen molar-refractivity contribution in [2.24, 2.45) is 0 Å². The van der Waals surface area contributed by atoms with E-state index >= 15 is 0 Å². The van der Waals surface area contributed by atoms with E-state index in [9.17, 15) is 9.59 Å². The summed E-state index contributed by atoms with van der Waals surface area (Å²) in [6.45, 7) is 6.41. The summed E-state index contributed by atoms with van der Waals surface area (Å²) in [6.07, 6.45) is 0. The lowest BCUT2D eigenvalue weighted by Crippen LogP contribution is -2.61. The summed E-state index contributed by atoms with van der Waals surface area (Å²) in [5.74, 6) is -0.0760. The molecule has 1 aliphatic rings. The summed E-state index contributed by atoms with van der Waals surface area (Å²) >= 11 is 0. The fraction of sp³-hybridized carbons (Fsp3) is 0.556.